The summed E-state index contributed by atoms with van der Waals surface area (Å²) in [6.45, 7) is 0. The number of rotatable bonds is 2. The van der Waals surface area contributed by atoms with Crippen molar-refractivity contribution in [3.63, 3.8) is 0 Å². The molecule has 5 heteroatoms. The molecule has 2 aromatic carbocycles. The third kappa shape index (κ3) is 2.92. The van der Waals surface area contributed by atoms with Gasteiger partial charge in [0.2, 0.25) is 5.90 Å². The van der Waals surface area contributed by atoms with Gasteiger partial charge in [0.05, 0.1) is 0 Å². The van der Waals surface area contributed by atoms with Crippen LogP contribution in [-0.4, -0.2) is 11.9 Å². The van der Waals surface area contributed by atoms with Gasteiger partial charge in [-0.05, 0) is 42.0 Å². The van der Waals surface area contributed by atoms with Crippen LogP contribution in [0, 0.1) is 5.82 Å². The molecule has 0 saturated heterocycles. The molecule has 0 fully saturated rings. The van der Waals surface area contributed by atoms with Crippen LogP contribution in [0.3, 0.4) is 0 Å². The molecule has 0 spiro atoms. The Labute approximate surface area is 128 Å². The maximum atomic E-state index is 12.9. The fraction of sp³-hybridized carbons (Fsp3) is 0. The van der Waals surface area contributed by atoms with Crippen LogP contribution >= 0.6 is 15.9 Å². The smallest absolute Gasteiger partial charge is 0.363 e. The molecule has 1 aliphatic heterocycles. The van der Waals surface area contributed by atoms with Gasteiger partial charge in [0, 0.05) is 10.0 Å². The monoisotopic (exact) mass is 345 g/mol. The quantitative estimate of drug-likeness (QED) is 0.610. The van der Waals surface area contributed by atoms with Crippen molar-refractivity contribution in [1.29, 1.82) is 0 Å². The van der Waals surface area contributed by atoms with E-state index in [4.69, 9.17) is 4.74 Å². The first-order chi connectivity index (χ1) is 10.1. The normalized spacial score (nSPS) is 16.0. The van der Waals surface area contributed by atoms with E-state index in [1.807, 2.05) is 24.3 Å². The fourth-order valence-corrected chi connectivity index (χ4v) is 2.26. The molecule has 104 valence electrons. The van der Waals surface area contributed by atoms with Crippen molar-refractivity contribution in [2.75, 3.05) is 0 Å². The van der Waals surface area contributed by atoms with E-state index in [0.717, 1.165) is 10.0 Å². The summed E-state index contributed by atoms with van der Waals surface area (Å²) in [5.41, 5.74) is 1.59. The zero-order valence-corrected chi connectivity index (χ0v) is 12.3. The van der Waals surface area contributed by atoms with E-state index in [9.17, 15) is 9.18 Å². The first-order valence-electron chi connectivity index (χ1n) is 6.16. The molecule has 0 bridgehead atoms. The number of hydrogen-bond acceptors (Lipinski definition) is 3. The van der Waals surface area contributed by atoms with Crippen molar-refractivity contribution >= 4 is 33.9 Å². The van der Waals surface area contributed by atoms with Gasteiger partial charge < -0.3 is 4.74 Å². The van der Waals surface area contributed by atoms with Crippen molar-refractivity contribution in [3.8, 4) is 0 Å². The molecule has 3 nitrogen and oxygen atoms in total. The predicted octanol–water partition coefficient (Wildman–Crippen LogP) is 3.93. The molecule has 0 atom stereocenters. The highest BCUT2D eigenvalue weighted by Gasteiger charge is 2.24. The zero-order valence-electron chi connectivity index (χ0n) is 10.7. The average molecular weight is 346 g/mol. The van der Waals surface area contributed by atoms with Crippen LogP contribution in [0.1, 0.15) is 11.1 Å². The highest BCUT2D eigenvalue weighted by molar-refractivity contribution is 9.10. The van der Waals surface area contributed by atoms with E-state index in [0.29, 0.717) is 5.56 Å². The summed E-state index contributed by atoms with van der Waals surface area (Å²) < 4.78 is 18.9. The van der Waals surface area contributed by atoms with Gasteiger partial charge >= 0.3 is 5.97 Å². The lowest BCUT2D eigenvalue weighted by Gasteiger charge is -1.98. The van der Waals surface area contributed by atoms with E-state index in [-0.39, 0.29) is 17.4 Å². The molecule has 0 saturated carbocycles. The van der Waals surface area contributed by atoms with E-state index < -0.39 is 5.97 Å². The van der Waals surface area contributed by atoms with Crippen molar-refractivity contribution in [2.45, 2.75) is 0 Å². The topological polar surface area (TPSA) is 38.7 Å². The second-order valence-corrected chi connectivity index (χ2v) is 5.22. The number of esters is 1. The molecule has 3 rings (SSSR count). The summed E-state index contributed by atoms with van der Waals surface area (Å²) in [4.78, 5) is 16.0. The number of ether oxygens (including phenoxy) is 1. The lowest BCUT2D eigenvalue weighted by Crippen LogP contribution is -2.05. The average Bonchev–Trinajstić information content (AvgIpc) is 2.83. The highest BCUT2D eigenvalue weighted by atomic mass is 79.9. The fourth-order valence-electron chi connectivity index (χ4n) is 1.86. The molecule has 0 aromatic heterocycles. The molecule has 1 aliphatic rings. The van der Waals surface area contributed by atoms with Crippen LogP contribution in [0.25, 0.3) is 6.08 Å². The Morgan fingerprint density at radius 3 is 2.52 bits per heavy atom. The van der Waals surface area contributed by atoms with Crippen LogP contribution in [-0.2, 0) is 9.53 Å². The van der Waals surface area contributed by atoms with Gasteiger partial charge in [-0.25, -0.2) is 14.2 Å². The van der Waals surface area contributed by atoms with Gasteiger partial charge in [0.15, 0.2) is 5.70 Å². The first-order valence-corrected chi connectivity index (χ1v) is 6.96. The Morgan fingerprint density at radius 1 is 1.10 bits per heavy atom. The van der Waals surface area contributed by atoms with Crippen molar-refractivity contribution in [2.24, 2.45) is 4.99 Å². The number of benzene rings is 2. The number of nitrogens with zero attached hydrogens (tertiary/aromatic N) is 1. The van der Waals surface area contributed by atoms with Gasteiger partial charge in [0.1, 0.15) is 5.82 Å². The number of cyclic esters (lactones) is 1. The van der Waals surface area contributed by atoms with Crippen LogP contribution in [0.15, 0.2) is 63.7 Å². The second kappa shape index (κ2) is 5.61. The second-order valence-electron chi connectivity index (χ2n) is 4.36. The molecule has 0 unspecified atom stereocenters. The van der Waals surface area contributed by atoms with Crippen LogP contribution in [0.5, 0.6) is 0 Å². The van der Waals surface area contributed by atoms with Gasteiger partial charge in [-0.2, -0.15) is 0 Å². The standard InChI is InChI=1S/C16H9BrFNO2/c17-13-4-2-1-3-11(13)9-14-16(20)21-15(19-14)10-5-7-12(18)8-6-10/h1-9H. The largest absolute Gasteiger partial charge is 0.402 e. The van der Waals surface area contributed by atoms with Crippen LogP contribution < -0.4 is 0 Å². The number of carbonyl (C=O) groups is 1. The van der Waals surface area contributed by atoms with Crippen LogP contribution in [0.2, 0.25) is 0 Å². The molecular formula is C16H9BrFNO2. The number of aliphatic imine (C=N–C) groups is 1. The van der Waals surface area contributed by atoms with Gasteiger partial charge in [0.25, 0.3) is 0 Å². The van der Waals surface area contributed by atoms with E-state index in [1.165, 1.54) is 24.3 Å². The van der Waals surface area contributed by atoms with E-state index in [2.05, 4.69) is 20.9 Å². The van der Waals surface area contributed by atoms with Crippen LogP contribution in [0.4, 0.5) is 4.39 Å². The number of hydrogen-bond donors (Lipinski definition) is 0. The maximum absolute atomic E-state index is 12.9. The third-order valence-electron chi connectivity index (χ3n) is 2.91. The molecule has 1 heterocycles. The summed E-state index contributed by atoms with van der Waals surface area (Å²) in [6.07, 6.45) is 1.64. The van der Waals surface area contributed by atoms with Gasteiger partial charge in [-0.1, -0.05) is 34.1 Å². The summed E-state index contributed by atoms with van der Waals surface area (Å²) in [5, 5.41) is 0. The van der Waals surface area contributed by atoms with E-state index >= 15 is 0 Å². The molecule has 0 amide bonds. The predicted molar refractivity (Wildman–Crippen MR) is 81.1 cm³/mol. The lowest BCUT2D eigenvalue weighted by atomic mass is 10.2. The Balaban J connectivity index is 1.96. The third-order valence-corrected chi connectivity index (χ3v) is 3.63. The van der Waals surface area contributed by atoms with Gasteiger partial charge in [-0.3, -0.25) is 0 Å². The summed E-state index contributed by atoms with van der Waals surface area (Å²) in [6, 6.07) is 13.1. The Kier molecular flexibility index (Phi) is 3.66. The Hall–Kier alpha value is -2.27. The van der Waals surface area contributed by atoms with Crippen molar-refractivity contribution in [3.05, 3.63) is 75.6 Å². The molecule has 2 aromatic rings. The highest BCUT2D eigenvalue weighted by Crippen LogP contribution is 2.23. The minimum absolute atomic E-state index is 0.179. The molecule has 0 radical (unpaired) electrons. The van der Waals surface area contributed by atoms with Crippen molar-refractivity contribution in [1.82, 2.24) is 0 Å². The molecule has 0 N–H and O–H groups in total. The van der Waals surface area contributed by atoms with Gasteiger partial charge in [-0.15, -0.1) is 0 Å². The first kappa shape index (κ1) is 13.7. The summed E-state index contributed by atoms with van der Waals surface area (Å²) in [7, 11) is 0. The molecule has 0 aliphatic carbocycles. The number of halogens is 2. The van der Waals surface area contributed by atoms with E-state index in [1.54, 1.807) is 6.08 Å². The van der Waals surface area contributed by atoms with Crippen molar-refractivity contribution < 1.29 is 13.9 Å². The zero-order chi connectivity index (χ0) is 14.8. The lowest BCUT2D eigenvalue weighted by molar-refractivity contribution is -0.129. The molecule has 21 heavy (non-hydrogen) atoms. The minimum atomic E-state index is -0.523. The molecular weight excluding hydrogens is 337 g/mol. The Bertz CT molecular complexity index is 766. The SMILES string of the molecule is O=C1OC(c2ccc(F)cc2)=NC1=Cc1ccccc1Br. The minimum Gasteiger partial charge on any atom is -0.402 e. The summed E-state index contributed by atoms with van der Waals surface area (Å²) >= 11 is 3.40. The maximum Gasteiger partial charge on any atom is 0.363 e. The summed E-state index contributed by atoms with van der Waals surface area (Å²) in [5.74, 6) is -0.698. The Morgan fingerprint density at radius 2 is 1.81 bits per heavy atom. The number of carbonyl (C=O) groups excluding carboxylic acids is 1.